The van der Waals surface area contributed by atoms with E-state index in [1.54, 1.807) is 14.0 Å². The number of piperazine rings is 1. The average Bonchev–Trinajstić information content (AvgIpc) is 3.34. The Morgan fingerprint density at radius 3 is 2.20 bits per heavy atom. The first-order chi connectivity index (χ1) is 24.6. The van der Waals surface area contributed by atoms with E-state index in [1.165, 1.54) is 10.7 Å². The van der Waals surface area contributed by atoms with Gasteiger partial charge in [-0.2, -0.15) is 9.40 Å². The van der Waals surface area contributed by atoms with Gasteiger partial charge < -0.3 is 35.0 Å². The van der Waals surface area contributed by atoms with Gasteiger partial charge in [-0.25, -0.2) is 18.2 Å². The summed E-state index contributed by atoms with van der Waals surface area (Å²) in [6.07, 6.45) is -1.06. The summed E-state index contributed by atoms with van der Waals surface area (Å²) in [6.45, 7) is -9.95. The SMILES string of the molecule is O=C(O)CC(O)(CC(=O)O)C(=O)O.[2H]C1([2H])N(C)C([2H])([2H])C([2H])([2H])N(S(=O)(=O)c2ccc(OCC)c(-c3nc4c(CCC)nn(C)c4c(=O)[nH]3)c2)C1([2H])[2H]. The van der Waals surface area contributed by atoms with Crippen molar-refractivity contribution in [1.29, 1.82) is 0 Å². The van der Waals surface area contributed by atoms with Crippen molar-refractivity contribution < 1.29 is 58.9 Å². The van der Waals surface area contributed by atoms with Crippen molar-refractivity contribution in [3.05, 3.63) is 34.2 Å². The maximum atomic E-state index is 13.9. The van der Waals surface area contributed by atoms with Crippen molar-refractivity contribution >= 4 is 39.0 Å². The van der Waals surface area contributed by atoms with Crippen LogP contribution in [-0.4, -0.2) is 121 Å². The summed E-state index contributed by atoms with van der Waals surface area (Å²) in [5.74, 6) is -5.01. The third-order valence-corrected chi connectivity index (χ3v) is 7.73. The number of carboxylic acid groups (broad SMARTS) is 3. The van der Waals surface area contributed by atoms with Gasteiger partial charge in [-0.15, -0.1) is 0 Å². The van der Waals surface area contributed by atoms with Crippen molar-refractivity contribution in [2.45, 2.75) is 50.0 Å². The van der Waals surface area contributed by atoms with Crippen LogP contribution in [0.2, 0.25) is 0 Å². The second-order valence-electron chi connectivity index (χ2n) is 9.78. The number of hydrogen-bond donors (Lipinski definition) is 5. The molecule has 0 bridgehead atoms. The molecule has 4 rings (SSSR count). The number of aryl methyl sites for hydroxylation is 2. The van der Waals surface area contributed by atoms with E-state index in [2.05, 4.69) is 15.1 Å². The van der Waals surface area contributed by atoms with Crippen LogP contribution in [0.1, 0.15) is 49.8 Å². The molecule has 3 heterocycles. The normalized spacial score (nSPS) is 21.4. The number of H-pyrrole nitrogens is 1. The van der Waals surface area contributed by atoms with Gasteiger partial charge in [-0.05, 0) is 38.6 Å². The van der Waals surface area contributed by atoms with Crippen LogP contribution in [0.4, 0.5) is 0 Å². The second-order valence-corrected chi connectivity index (χ2v) is 11.6. The Morgan fingerprint density at radius 2 is 1.67 bits per heavy atom. The highest BCUT2D eigenvalue weighted by molar-refractivity contribution is 7.89. The molecule has 2 aromatic heterocycles. The van der Waals surface area contributed by atoms with Gasteiger partial charge in [0.2, 0.25) is 10.0 Å². The molecule has 0 unspecified atom stereocenters. The van der Waals surface area contributed by atoms with Crippen LogP contribution in [0.5, 0.6) is 5.75 Å². The third-order valence-electron chi connectivity index (χ3n) is 6.22. The van der Waals surface area contributed by atoms with Crippen molar-refractivity contribution in [3.63, 3.8) is 0 Å². The van der Waals surface area contributed by atoms with E-state index in [0.29, 0.717) is 18.5 Å². The molecule has 1 aliphatic heterocycles. The maximum Gasteiger partial charge on any atom is 0.336 e. The number of likely N-dealkylation sites (N-methyl/N-ethyl adjacent to an activating group) is 1. The van der Waals surface area contributed by atoms with Crippen LogP contribution >= 0.6 is 0 Å². The Hall–Kier alpha value is -4.39. The summed E-state index contributed by atoms with van der Waals surface area (Å²) >= 11 is 0. The molecule has 46 heavy (non-hydrogen) atoms. The second kappa shape index (κ2) is 14.8. The summed E-state index contributed by atoms with van der Waals surface area (Å²) < 4.78 is 101. The fraction of sp³-hybridized carbons (Fsp3) is 0.500. The molecule has 0 radical (unpaired) electrons. The van der Waals surface area contributed by atoms with Gasteiger partial charge in [0.15, 0.2) is 11.1 Å². The van der Waals surface area contributed by atoms with Gasteiger partial charge in [0.1, 0.15) is 17.1 Å². The number of sulfonamides is 1. The van der Waals surface area contributed by atoms with E-state index in [1.807, 2.05) is 6.92 Å². The molecule has 0 atom stereocenters. The molecule has 17 nitrogen and oxygen atoms in total. The lowest BCUT2D eigenvalue weighted by Crippen LogP contribution is -2.47. The van der Waals surface area contributed by atoms with Gasteiger partial charge in [-0.1, -0.05) is 13.3 Å². The van der Waals surface area contributed by atoms with E-state index in [4.69, 9.17) is 36.1 Å². The number of aliphatic hydroxyl groups is 1. The maximum absolute atomic E-state index is 13.9. The molecule has 1 aromatic carbocycles. The van der Waals surface area contributed by atoms with E-state index in [-0.39, 0.29) is 39.7 Å². The van der Waals surface area contributed by atoms with Gasteiger partial charge in [-0.3, -0.25) is 19.1 Å². The Morgan fingerprint density at radius 1 is 1.07 bits per heavy atom. The Balaban J connectivity index is 0.000000515. The monoisotopic (exact) mass is 674 g/mol. The van der Waals surface area contributed by atoms with Gasteiger partial charge >= 0.3 is 17.9 Å². The number of aliphatic carboxylic acids is 3. The quantitative estimate of drug-likeness (QED) is 0.174. The largest absolute Gasteiger partial charge is 0.493 e. The molecule has 5 N–H and O–H groups in total. The number of rotatable bonds is 12. The topological polar surface area (TPSA) is 246 Å². The highest BCUT2D eigenvalue weighted by Gasteiger charge is 2.40. The molecule has 18 heteroatoms. The highest BCUT2D eigenvalue weighted by atomic mass is 32.2. The van der Waals surface area contributed by atoms with Crippen molar-refractivity contribution in [2.24, 2.45) is 7.05 Å². The number of ether oxygens (including phenoxy) is 1. The van der Waals surface area contributed by atoms with E-state index in [9.17, 15) is 27.6 Å². The van der Waals surface area contributed by atoms with Crippen LogP contribution in [0.3, 0.4) is 0 Å². The zero-order valence-corrected chi connectivity index (χ0v) is 25.9. The minimum absolute atomic E-state index is 0.0282. The first-order valence-electron chi connectivity index (χ1n) is 17.5. The molecule has 1 saturated heterocycles. The predicted octanol–water partition coefficient (Wildman–Crippen LogP) is 0.362. The smallest absolute Gasteiger partial charge is 0.336 e. The average molecular weight is 675 g/mol. The van der Waals surface area contributed by atoms with E-state index in [0.717, 1.165) is 19.2 Å². The van der Waals surface area contributed by atoms with Crippen LogP contribution < -0.4 is 10.3 Å². The fourth-order valence-electron chi connectivity index (χ4n) is 4.15. The van der Waals surface area contributed by atoms with Crippen molar-refractivity contribution in [2.75, 3.05) is 39.6 Å². The Labute approximate surface area is 275 Å². The summed E-state index contributed by atoms with van der Waals surface area (Å²) in [4.78, 5) is 50.1. The number of nitrogens with zero attached hydrogens (tertiary/aromatic N) is 5. The van der Waals surface area contributed by atoms with Crippen LogP contribution in [-0.2, 0) is 37.9 Å². The third kappa shape index (κ3) is 8.25. The fourth-order valence-corrected chi connectivity index (χ4v) is 5.19. The standard InChI is InChI=1S/C22H30N6O4S.C6H8O7/c1-5-7-17-19-20(27(4)25-17)22(29)24-21(23-19)16-14-15(8-9-18(16)32-6-2)33(30,31)28-12-10-26(3)11-13-28;7-3(8)1-6(13,5(11)12)2-4(9)10/h8-9,14H,5-7,10-13H2,1-4H3,(H,23,24,29);13H,1-2H2,(H,7,8)(H,9,10)(H,11,12)/i10D2,11D2,12D2,13D2;. The van der Waals surface area contributed by atoms with Crippen molar-refractivity contribution in [1.82, 2.24) is 29.0 Å². The van der Waals surface area contributed by atoms with Gasteiger partial charge in [0.25, 0.3) is 5.56 Å². The van der Waals surface area contributed by atoms with Crippen LogP contribution in [0.15, 0.2) is 27.9 Å². The molecule has 252 valence electrons. The number of benzene rings is 1. The van der Waals surface area contributed by atoms with E-state index < -0.39 is 87.1 Å². The van der Waals surface area contributed by atoms with Crippen LogP contribution in [0, 0.1) is 0 Å². The Bertz CT molecular complexity index is 2080. The predicted molar refractivity (Wildman–Crippen MR) is 163 cm³/mol. The zero-order chi connectivity index (χ0) is 41.6. The number of carbonyl (C=O) groups is 3. The van der Waals surface area contributed by atoms with Gasteiger partial charge in [0.05, 0.1) is 35.6 Å². The lowest BCUT2D eigenvalue weighted by atomic mass is 9.96. The van der Waals surface area contributed by atoms with Crippen molar-refractivity contribution in [3.8, 4) is 17.1 Å². The first-order valence-corrected chi connectivity index (χ1v) is 14.9. The molecule has 3 aromatic rings. The number of nitrogens with one attached hydrogen (secondary N) is 1. The Kier molecular flexibility index (Phi) is 8.29. The lowest BCUT2D eigenvalue weighted by Gasteiger charge is -2.31. The molecular weight excluding hydrogens is 628 g/mol. The minimum atomic E-state index is -5.29. The number of fused-ring (bicyclic) bond motifs is 1. The molecule has 0 amide bonds. The molecule has 0 aliphatic carbocycles. The van der Waals surface area contributed by atoms with Gasteiger partial charge in [0, 0.05) is 44.0 Å². The molecular formula is C28H38N6O11S. The number of carboxylic acids is 3. The summed E-state index contributed by atoms with van der Waals surface area (Å²) in [5, 5.41) is 38.2. The first kappa shape index (κ1) is 25.8. The summed E-state index contributed by atoms with van der Waals surface area (Å²) in [7, 11) is -2.86. The summed E-state index contributed by atoms with van der Waals surface area (Å²) in [6, 6.07) is 3.22. The van der Waals surface area contributed by atoms with Crippen LogP contribution in [0.25, 0.3) is 22.4 Å². The molecule has 1 fully saturated rings. The minimum Gasteiger partial charge on any atom is -0.493 e. The highest BCUT2D eigenvalue weighted by Crippen LogP contribution is 2.32. The molecule has 0 spiro atoms. The lowest BCUT2D eigenvalue weighted by molar-refractivity contribution is -0.170. The molecule has 1 aliphatic rings. The zero-order valence-electron chi connectivity index (χ0n) is 33.1. The summed E-state index contributed by atoms with van der Waals surface area (Å²) in [5.41, 5.74) is -2.30. The number of aromatic amines is 1. The van der Waals surface area contributed by atoms with E-state index >= 15 is 0 Å². The number of aromatic nitrogens is 4. The number of hydrogen-bond acceptors (Lipinski definition) is 11. The molecule has 0 saturated carbocycles.